The summed E-state index contributed by atoms with van der Waals surface area (Å²) in [4.78, 5) is 10.9. The number of hydrogen-bond donors (Lipinski definition) is 3. The van der Waals surface area contributed by atoms with Gasteiger partial charge in [-0.3, -0.25) is 4.79 Å². The molecule has 4 nitrogen and oxygen atoms in total. The Morgan fingerprint density at radius 1 is 1.69 bits per heavy atom. The minimum Gasteiger partial charge on any atom is -0.480 e. The molecule has 0 saturated carbocycles. The zero-order chi connectivity index (χ0) is 11.7. The Kier molecular flexibility index (Phi) is 2.83. The van der Waals surface area contributed by atoms with Crippen LogP contribution in [0.4, 0.5) is 5.69 Å². The van der Waals surface area contributed by atoms with Gasteiger partial charge in [0.05, 0.1) is 0 Å². The summed E-state index contributed by atoms with van der Waals surface area (Å²) in [6, 6.07) is 5.15. The standard InChI is InChI=1S/C12H16N2O2/c1-2-7-4-3-5-8-9(6-14-11(7)8)10(13)12(15)16/h3-5,9-10,14H,2,6,13H2,1H3,(H,15,16). The molecule has 0 fully saturated rings. The molecular weight excluding hydrogens is 204 g/mol. The lowest BCUT2D eigenvalue weighted by Gasteiger charge is -2.14. The van der Waals surface area contributed by atoms with Crippen molar-refractivity contribution in [2.45, 2.75) is 25.3 Å². The van der Waals surface area contributed by atoms with Gasteiger partial charge in [0.1, 0.15) is 6.04 Å². The quantitative estimate of drug-likeness (QED) is 0.714. The van der Waals surface area contributed by atoms with Crippen LogP contribution in [-0.4, -0.2) is 23.7 Å². The Bertz CT molecular complexity index is 417. The van der Waals surface area contributed by atoms with E-state index in [2.05, 4.69) is 18.3 Å². The number of nitrogens with one attached hydrogen (secondary N) is 1. The van der Waals surface area contributed by atoms with Crippen LogP contribution in [0.2, 0.25) is 0 Å². The third kappa shape index (κ3) is 1.65. The summed E-state index contributed by atoms with van der Waals surface area (Å²) in [6.07, 6.45) is 0.936. The van der Waals surface area contributed by atoms with E-state index in [1.54, 1.807) is 0 Å². The van der Waals surface area contributed by atoms with Gasteiger partial charge in [0.25, 0.3) is 0 Å². The average Bonchev–Trinajstić information content (AvgIpc) is 2.71. The molecule has 0 spiro atoms. The zero-order valence-electron chi connectivity index (χ0n) is 9.23. The molecule has 0 aliphatic carbocycles. The van der Waals surface area contributed by atoms with Crippen molar-refractivity contribution in [3.05, 3.63) is 29.3 Å². The predicted molar refractivity (Wildman–Crippen MR) is 62.7 cm³/mol. The van der Waals surface area contributed by atoms with Crippen LogP contribution in [0.25, 0.3) is 0 Å². The van der Waals surface area contributed by atoms with Gasteiger partial charge < -0.3 is 16.2 Å². The SMILES string of the molecule is CCc1cccc2c1NCC2C(N)C(=O)O. The highest BCUT2D eigenvalue weighted by atomic mass is 16.4. The summed E-state index contributed by atoms with van der Waals surface area (Å²) in [7, 11) is 0. The van der Waals surface area contributed by atoms with Crippen LogP contribution in [0.5, 0.6) is 0 Å². The van der Waals surface area contributed by atoms with Crippen molar-refractivity contribution in [3.63, 3.8) is 0 Å². The van der Waals surface area contributed by atoms with Gasteiger partial charge in [-0.25, -0.2) is 0 Å². The molecule has 1 heterocycles. The van der Waals surface area contributed by atoms with E-state index in [0.717, 1.165) is 17.7 Å². The molecule has 4 heteroatoms. The second kappa shape index (κ2) is 4.14. The van der Waals surface area contributed by atoms with Crippen LogP contribution in [0.1, 0.15) is 24.0 Å². The van der Waals surface area contributed by atoms with E-state index in [0.29, 0.717) is 6.54 Å². The molecule has 0 radical (unpaired) electrons. The highest BCUT2D eigenvalue weighted by Gasteiger charge is 2.32. The van der Waals surface area contributed by atoms with Gasteiger partial charge >= 0.3 is 5.97 Å². The van der Waals surface area contributed by atoms with E-state index in [1.807, 2.05) is 12.1 Å². The highest BCUT2D eigenvalue weighted by Crippen LogP contribution is 2.35. The van der Waals surface area contributed by atoms with Gasteiger partial charge in [-0.05, 0) is 17.5 Å². The summed E-state index contributed by atoms with van der Waals surface area (Å²) in [5.74, 6) is -1.07. The highest BCUT2D eigenvalue weighted by molar-refractivity contribution is 5.77. The maximum Gasteiger partial charge on any atom is 0.321 e. The van der Waals surface area contributed by atoms with Crippen molar-refractivity contribution in [1.29, 1.82) is 0 Å². The van der Waals surface area contributed by atoms with Crippen LogP contribution in [0.3, 0.4) is 0 Å². The summed E-state index contributed by atoms with van der Waals surface area (Å²) in [5, 5.41) is 12.2. The number of carbonyl (C=O) groups is 1. The van der Waals surface area contributed by atoms with Crippen LogP contribution in [0, 0.1) is 0 Å². The first-order valence-electron chi connectivity index (χ1n) is 5.49. The molecule has 86 valence electrons. The van der Waals surface area contributed by atoms with Crippen molar-refractivity contribution >= 4 is 11.7 Å². The molecule has 2 rings (SSSR count). The van der Waals surface area contributed by atoms with Crippen molar-refractivity contribution in [3.8, 4) is 0 Å². The van der Waals surface area contributed by atoms with Crippen LogP contribution in [-0.2, 0) is 11.2 Å². The lowest BCUT2D eigenvalue weighted by molar-refractivity contribution is -0.138. The molecule has 4 N–H and O–H groups in total. The predicted octanol–water partition coefficient (Wildman–Crippen LogP) is 1.17. The molecule has 0 amide bonds. The third-order valence-electron chi connectivity index (χ3n) is 3.18. The van der Waals surface area contributed by atoms with Gasteiger partial charge in [0.15, 0.2) is 0 Å². The Hall–Kier alpha value is -1.55. The number of aryl methyl sites for hydroxylation is 1. The normalized spacial score (nSPS) is 20.0. The number of para-hydroxylation sites is 1. The fraction of sp³-hybridized carbons (Fsp3) is 0.417. The Balaban J connectivity index is 2.37. The molecule has 0 aromatic heterocycles. The monoisotopic (exact) mass is 220 g/mol. The molecule has 1 aliphatic rings. The van der Waals surface area contributed by atoms with E-state index >= 15 is 0 Å². The number of hydrogen-bond acceptors (Lipinski definition) is 3. The molecule has 1 aliphatic heterocycles. The summed E-state index contributed by atoms with van der Waals surface area (Å²) in [5.41, 5.74) is 9.02. The molecule has 2 atom stereocenters. The van der Waals surface area contributed by atoms with Crippen molar-refractivity contribution < 1.29 is 9.90 Å². The lowest BCUT2D eigenvalue weighted by Crippen LogP contribution is -2.37. The summed E-state index contributed by atoms with van der Waals surface area (Å²) >= 11 is 0. The van der Waals surface area contributed by atoms with Gasteiger partial charge in [-0.1, -0.05) is 25.1 Å². The first-order chi connectivity index (χ1) is 7.65. The summed E-state index contributed by atoms with van der Waals surface area (Å²) in [6.45, 7) is 2.70. The second-order valence-electron chi connectivity index (χ2n) is 4.09. The van der Waals surface area contributed by atoms with Crippen molar-refractivity contribution in [2.24, 2.45) is 5.73 Å². The number of benzene rings is 1. The first kappa shape index (κ1) is 11.0. The van der Waals surface area contributed by atoms with E-state index in [4.69, 9.17) is 10.8 Å². The minimum atomic E-state index is -0.943. The second-order valence-corrected chi connectivity index (χ2v) is 4.09. The Morgan fingerprint density at radius 2 is 2.44 bits per heavy atom. The smallest absolute Gasteiger partial charge is 0.321 e. The van der Waals surface area contributed by atoms with Gasteiger partial charge in [-0.15, -0.1) is 0 Å². The van der Waals surface area contributed by atoms with Gasteiger partial charge in [-0.2, -0.15) is 0 Å². The number of fused-ring (bicyclic) bond motifs is 1. The fourth-order valence-corrected chi connectivity index (χ4v) is 2.25. The number of rotatable bonds is 3. The molecule has 16 heavy (non-hydrogen) atoms. The topological polar surface area (TPSA) is 75.3 Å². The van der Waals surface area contributed by atoms with Crippen molar-refractivity contribution in [2.75, 3.05) is 11.9 Å². The number of carboxylic acids is 1. The van der Waals surface area contributed by atoms with Gasteiger partial charge in [0.2, 0.25) is 0 Å². The summed E-state index contributed by atoms with van der Waals surface area (Å²) < 4.78 is 0. The largest absolute Gasteiger partial charge is 0.480 e. The maximum absolute atomic E-state index is 10.9. The third-order valence-corrected chi connectivity index (χ3v) is 3.18. The fourth-order valence-electron chi connectivity index (χ4n) is 2.25. The number of anilines is 1. The van der Waals surface area contributed by atoms with Crippen LogP contribution < -0.4 is 11.1 Å². The molecule has 1 aromatic carbocycles. The van der Waals surface area contributed by atoms with E-state index in [-0.39, 0.29) is 5.92 Å². The molecule has 0 bridgehead atoms. The van der Waals surface area contributed by atoms with Crippen molar-refractivity contribution in [1.82, 2.24) is 0 Å². The lowest BCUT2D eigenvalue weighted by atomic mass is 9.92. The minimum absolute atomic E-state index is 0.126. The number of carboxylic acid groups (broad SMARTS) is 1. The van der Waals surface area contributed by atoms with Crippen LogP contribution in [0.15, 0.2) is 18.2 Å². The van der Waals surface area contributed by atoms with E-state index in [1.165, 1.54) is 5.56 Å². The molecule has 1 aromatic rings. The average molecular weight is 220 g/mol. The zero-order valence-corrected chi connectivity index (χ0v) is 9.23. The number of aliphatic carboxylic acids is 1. The van der Waals surface area contributed by atoms with E-state index < -0.39 is 12.0 Å². The van der Waals surface area contributed by atoms with Gasteiger partial charge in [0, 0.05) is 18.2 Å². The van der Waals surface area contributed by atoms with E-state index in [9.17, 15) is 4.79 Å². The molecule has 0 saturated heterocycles. The number of nitrogens with two attached hydrogens (primary N) is 1. The first-order valence-corrected chi connectivity index (χ1v) is 5.49. The molecular formula is C12H16N2O2. The Labute approximate surface area is 94.5 Å². The maximum atomic E-state index is 10.9. The Morgan fingerprint density at radius 3 is 3.06 bits per heavy atom. The van der Waals surface area contributed by atoms with Crippen LogP contribution >= 0.6 is 0 Å². The molecule has 2 unspecified atom stereocenters.